The van der Waals surface area contributed by atoms with Crippen LogP contribution in [0.3, 0.4) is 0 Å². The van der Waals surface area contributed by atoms with Gasteiger partial charge in [0, 0.05) is 37.8 Å². The van der Waals surface area contributed by atoms with Crippen LogP contribution in [0, 0.1) is 0 Å². The molecule has 0 aliphatic carbocycles. The summed E-state index contributed by atoms with van der Waals surface area (Å²) in [6.45, 7) is 0.764. The largest absolute Gasteiger partial charge is 0.344 e. The first-order valence-electron chi connectivity index (χ1n) is 9.57. The summed E-state index contributed by atoms with van der Waals surface area (Å²) in [5.74, 6) is 0.610. The molecule has 0 unspecified atom stereocenters. The minimum Gasteiger partial charge on any atom is -0.344 e. The smallest absolute Gasteiger partial charge is 0.274 e. The predicted octanol–water partition coefficient (Wildman–Crippen LogP) is 2.97. The van der Waals surface area contributed by atoms with Crippen molar-refractivity contribution in [3.63, 3.8) is 0 Å². The number of likely N-dealkylation sites (N-methyl/N-ethyl adjacent to an activating group) is 2. The van der Waals surface area contributed by atoms with E-state index in [1.165, 1.54) is 5.56 Å². The maximum Gasteiger partial charge on any atom is 0.274 e. The zero-order chi connectivity index (χ0) is 19.9. The molecule has 0 bridgehead atoms. The highest BCUT2D eigenvalue weighted by Gasteiger charge is 2.17. The molecule has 1 aromatic heterocycles. The minimum absolute atomic E-state index is 0.212. The molecule has 0 saturated heterocycles. The number of nitrogens with one attached hydrogen (secondary N) is 1. The highest BCUT2D eigenvalue weighted by molar-refractivity contribution is 5.31. The van der Waals surface area contributed by atoms with E-state index in [0.29, 0.717) is 18.4 Å². The molecule has 1 atom stereocenters. The molecule has 0 radical (unpaired) electrons. The Bertz CT molecular complexity index is 922. The number of rotatable bonds is 8. The van der Waals surface area contributed by atoms with Crippen LogP contribution in [0.5, 0.6) is 0 Å². The van der Waals surface area contributed by atoms with Gasteiger partial charge >= 0.3 is 0 Å². The lowest BCUT2D eigenvalue weighted by Crippen LogP contribution is -2.41. The van der Waals surface area contributed by atoms with Gasteiger partial charge in [0.15, 0.2) is 0 Å². The second kappa shape index (κ2) is 9.33. The average Bonchev–Trinajstić information content (AvgIpc) is 2.68. The SMILES string of the molecule is CN(C[C@@H](Cc1ccccc1)N(C)C)c1nc(=O)cc(Cc2ccccc2)[nH]1. The number of aromatic amines is 1. The maximum absolute atomic E-state index is 12.1. The van der Waals surface area contributed by atoms with Crippen molar-refractivity contribution in [2.24, 2.45) is 0 Å². The fraction of sp³-hybridized carbons (Fsp3) is 0.304. The van der Waals surface area contributed by atoms with E-state index >= 15 is 0 Å². The molecule has 0 saturated carbocycles. The first kappa shape index (κ1) is 19.8. The number of H-pyrrole nitrogens is 1. The fourth-order valence-corrected chi connectivity index (χ4v) is 3.28. The molecular formula is C23H28N4O. The number of benzene rings is 2. The van der Waals surface area contributed by atoms with E-state index < -0.39 is 0 Å². The van der Waals surface area contributed by atoms with Crippen molar-refractivity contribution in [2.45, 2.75) is 18.9 Å². The van der Waals surface area contributed by atoms with Gasteiger partial charge in [-0.05, 0) is 31.6 Å². The highest BCUT2D eigenvalue weighted by Crippen LogP contribution is 2.12. The van der Waals surface area contributed by atoms with Crippen LogP contribution >= 0.6 is 0 Å². The molecule has 28 heavy (non-hydrogen) atoms. The molecule has 2 aromatic carbocycles. The monoisotopic (exact) mass is 376 g/mol. The molecule has 3 aromatic rings. The summed E-state index contributed by atoms with van der Waals surface area (Å²) in [4.78, 5) is 23.9. The van der Waals surface area contributed by atoms with E-state index in [4.69, 9.17) is 0 Å². The van der Waals surface area contributed by atoms with Gasteiger partial charge in [-0.1, -0.05) is 60.7 Å². The molecule has 0 spiro atoms. The Labute approximate surface area is 166 Å². The molecule has 0 aliphatic rings. The van der Waals surface area contributed by atoms with Crippen molar-refractivity contribution >= 4 is 5.95 Å². The van der Waals surface area contributed by atoms with E-state index in [-0.39, 0.29) is 5.56 Å². The number of nitrogens with zero attached hydrogens (tertiary/aromatic N) is 3. The molecule has 5 heteroatoms. The molecular weight excluding hydrogens is 348 g/mol. The highest BCUT2D eigenvalue weighted by atomic mass is 16.1. The maximum atomic E-state index is 12.1. The molecule has 1 N–H and O–H groups in total. The van der Waals surface area contributed by atoms with Crippen LogP contribution in [0.4, 0.5) is 5.95 Å². The summed E-state index contributed by atoms with van der Waals surface area (Å²) in [5.41, 5.74) is 3.12. The van der Waals surface area contributed by atoms with Gasteiger partial charge in [-0.25, -0.2) is 0 Å². The number of anilines is 1. The van der Waals surface area contributed by atoms with Gasteiger partial charge in [0.25, 0.3) is 5.56 Å². The molecule has 5 nitrogen and oxygen atoms in total. The topological polar surface area (TPSA) is 52.2 Å². The second-order valence-electron chi connectivity index (χ2n) is 7.42. The van der Waals surface area contributed by atoms with Crippen molar-refractivity contribution in [1.29, 1.82) is 0 Å². The fourth-order valence-electron chi connectivity index (χ4n) is 3.28. The Morgan fingerprint density at radius 1 is 0.929 bits per heavy atom. The third kappa shape index (κ3) is 5.54. The van der Waals surface area contributed by atoms with Gasteiger partial charge in [0.1, 0.15) is 0 Å². The Morgan fingerprint density at radius 2 is 1.54 bits per heavy atom. The number of hydrogen-bond acceptors (Lipinski definition) is 4. The van der Waals surface area contributed by atoms with Crippen molar-refractivity contribution < 1.29 is 0 Å². The summed E-state index contributed by atoms with van der Waals surface area (Å²) in [5, 5.41) is 0. The van der Waals surface area contributed by atoms with Crippen LogP contribution in [-0.2, 0) is 12.8 Å². The van der Waals surface area contributed by atoms with E-state index in [2.05, 4.69) is 65.4 Å². The average molecular weight is 377 g/mol. The standard InChI is InChI=1S/C23H28N4O/c1-26(2)21(15-19-12-8-5-9-13-19)17-27(3)23-24-20(16-22(28)25-23)14-18-10-6-4-7-11-18/h4-13,16,21H,14-15,17H2,1-3H3,(H,24,25,28)/t21-/m1/s1. The molecule has 146 valence electrons. The lowest BCUT2D eigenvalue weighted by Gasteiger charge is -2.29. The van der Waals surface area contributed by atoms with Crippen LogP contribution in [0.1, 0.15) is 16.8 Å². The van der Waals surface area contributed by atoms with Crippen molar-refractivity contribution in [1.82, 2.24) is 14.9 Å². The zero-order valence-corrected chi connectivity index (χ0v) is 16.8. The lowest BCUT2D eigenvalue weighted by atomic mass is 10.0. The third-order valence-corrected chi connectivity index (χ3v) is 4.91. The van der Waals surface area contributed by atoms with E-state index in [9.17, 15) is 4.79 Å². The molecule has 1 heterocycles. The van der Waals surface area contributed by atoms with Gasteiger partial charge in [0.05, 0.1) is 0 Å². The predicted molar refractivity (Wildman–Crippen MR) is 115 cm³/mol. The Balaban J connectivity index is 1.75. The normalized spacial score (nSPS) is 12.1. The van der Waals surface area contributed by atoms with Crippen LogP contribution < -0.4 is 10.5 Å². The molecule has 0 aliphatic heterocycles. The molecule has 0 fully saturated rings. The van der Waals surface area contributed by atoms with Crippen LogP contribution in [0.15, 0.2) is 71.5 Å². The number of aromatic nitrogens is 2. The van der Waals surface area contributed by atoms with Crippen molar-refractivity contribution in [3.8, 4) is 0 Å². The second-order valence-corrected chi connectivity index (χ2v) is 7.42. The van der Waals surface area contributed by atoms with Gasteiger partial charge in [-0.3, -0.25) is 4.79 Å². The van der Waals surface area contributed by atoms with Gasteiger partial charge in [0.2, 0.25) is 5.95 Å². The van der Waals surface area contributed by atoms with Crippen molar-refractivity contribution in [3.05, 3.63) is 93.9 Å². The first-order chi connectivity index (χ1) is 13.5. The summed E-state index contributed by atoms with van der Waals surface area (Å²) in [6.07, 6.45) is 1.62. The summed E-state index contributed by atoms with van der Waals surface area (Å²) in [6, 6.07) is 22.5. The molecule has 0 amide bonds. The van der Waals surface area contributed by atoms with Crippen molar-refractivity contribution in [2.75, 3.05) is 32.6 Å². The minimum atomic E-state index is -0.212. The Morgan fingerprint density at radius 3 is 2.14 bits per heavy atom. The number of hydrogen-bond donors (Lipinski definition) is 1. The lowest BCUT2D eigenvalue weighted by molar-refractivity contribution is 0.294. The van der Waals surface area contributed by atoms with Crippen LogP contribution in [0.25, 0.3) is 0 Å². The third-order valence-electron chi connectivity index (χ3n) is 4.91. The quantitative estimate of drug-likeness (QED) is 0.657. The van der Waals surface area contributed by atoms with Gasteiger partial charge < -0.3 is 14.8 Å². The van der Waals surface area contributed by atoms with Gasteiger partial charge in [-0.2, -0.15) is 4.98 Å². The molecule has 3 rings (SSSR count). The Kier molecular flexibility index (Phi) is 6.61. The van der Waals surface area contributed by atoms with Crippen LogP contribution in [0.2, 0.25) is 0 Å². The zero-order valence-electron chi connectivity index (χ0n) is 16.8. The summed E-state index contributed by atoms with van der Waals surface area (Å²) < 4.78 is 0. The Hall–Kier alpha value is -2.92. The summed E-state index contributed by atoms with van der Waals surface area (Å²) in [7, 11) is 6.15. The van der Waals surface area contributed by atoms with Gasteiger partial charge in [-0.15, -0.1) is 0 Å². The first-order valence-corrected chi connectivity index (χ1v) is 9.57. The van der Waals surface area contributed by atoms with E-state index in [0.717, 1.165) is 24.2 Å². The summed E-state index contributed by atoms with van der Waals surface area (Å²) >= 11 is 0. The van der Waals surface area contributed by atoms with Crippen LogP contribution in [-0.4, -0.2) is 48.6 Å². The van der Waals surface area contributed by atoms with E-state index in [1.807, 2.05) is 36.2 Å². The van der Waals surface area contributed by atoms with E-state index in [1.54, 1.807) is 6.07 Å².